The molecule has 1 N–H and O–H groups in total. The quantitative estimate of drug-likeness (QED) is 0.635. The monoisotopic (exact) mass is 366 g/mol. The van der Waals surface area contributed by atoms with Gasteiger partial charge in [-0.25, -0.2) is 4.39 Å². The number of carbonyl (C=O) groups is 1. The van der Waals surface area contributed by atoms with Gasteiger partial charge in [0.05, 0.1) is 19.3 Å². The predicted octanol–water partition coefficient (Wildman–Crippen LogP) is 4.85. The first-order valence-electron chi connectivity index (χ1n) is 8.77. The number of rotatable bonds is 6. The maximum Gasteiger partial charge on any atom is 0.183 e. The number of aryl methyl sites for hydroxylation is 2. The number of nitrogens with zero attached hydrogens (tertiary/aromatic N) is 1. The lowest BCUT2D eigenvalue weighted by Crippen LogP contribution is -2.15. The molecule has 1 aromatic heterocycles. The highest BCUT2D eigenvalue weighted by molar-refractivity contribution is 6.00. The van der Waals surface area contributed by atoms with Gasteiger partial charge in [-0.1, -0.05) is 6.07 Å². The number of hydrogen-bond acceptors (Lipinski definition) is 3. The summed E-state index contributed by atoms with van der Waals surface area (Å²) in [7, 11) is 1.61. The summed E-state index contributed by atoms with van der Waals surface area (Å²) in [5, 5.41) is 3.17. The van der Waals surface area contributed by atoms with Gasteiger partial charge in [-0.15, -0.1) is 0 Å². The van der Waals surface area contributed by atoms with Crippen LogP contribution in [0.25, 0.3) is 5.69 Å². The third kappa shape index (κ3) is 3.87. The van der Waals surface area contributed by atoms with Crippen LogP contribution in [0.4, 0.5) is 10.1 Å². The van der Waals surface area contributed by atoms with Crippen molar-refractivity contribution in [1.82, 2.24) is 4.57 Å². The SMILES string of the molecule is COc1ccc(C)cc1NCC(=O)c1cc(C)n(-c2ccc(F)cc2)c1C. The molecule has 2 aromatic carbocycles. The molecule has 27 heavy (non-hydrogen) atoms. The largest absolute Gasteiger partial charge is 0.495 e. The van der Waals surface area contributed by atoms with Gasteiger partial charge < -0.3 is 14.6 Å². The zero-order valence-corrected chi connectivity index (χ0v) is 16.0. The Morgan fingerprint density at radius 3 is 2.44 bits per heavy atom. The smallest absolute Gasteiger partial charge is 0.183 e. The molecule has 0 saturated carbocycles. The van der Waals surface area contributed by atoms with Crippen molar-refractivity contribution < 1.29 is 13.9 Å². The predicted molar refractivity (Wildman–Crippen MR) is 106 cm³/mol. The molecule has 0 atom stereocenters. The molecule has 0 amide bonds. The molecule has 1 heterocycles. The minimum absolute atomic E-state index is 0.0139. The third-order valence-electron chi connectivity index (χ3n) is 4.61. The van der Waals surface area contributed by atoms with E-state index in [0.717, 1.165) is 28.3 Å². The van der Waals surface area contributed by atoms with E-state index in [-0.39, 0.29) is 18.1 Å². The van der Waals surface area contributed by atoms with Gasteiger partial charge in [-0.3, -0.25) is 4.79 Å². The number of carbonyl (C=O) groups excluding carboxylic acids is 1. The molecule has 0 spiro atoms. The van der Waals surface area contributed by atoms with Gasteiger partial charge in [0.2, 0.25) is 0 Å². The maximum absolute atomic E-state index is 13.2. The molecule has 4 nitrogen and oxygen atoms in total. The van der Waals surface area contributed by atoms with Crippen LogP contribution in [0, 0.1) is 26.6 Å². The molecular formula is C22H23FN2O2. The minimum Gasteiger partial charge on any atom is -0.495 e. The van der Waals surface area contributed by atoms with Gasteiger partial charge in [-0.05, 0) is 68.8 Å². The van der Waals surface area contributed by atoms with E-state index < -0.39 is 0 Å². The van der Waals surface area contributed by atoms with Gasteiger partial charge in [0.15, 0.2) is 5.78 Å². The van der Waals surface area contributed by atoms with Gasteiger partial charge in [0, 0.05) is 22.6 Å². The maximum atomic E-state index is 13.2. The molecular weight excluding hydrogens is 343 g/mol. The fraction of sp³-hybridized carbons (Fsp3) is 0.227. The number of ketones is 1. The lowest BCUT2D eigenvalue weighted by molar-refractivity contribution is 0.101. The summed E-state index contributed by atoms with van der Waals surface area (Å²) in [5.74, 6) is 0.402. The summed E-state index contributed by atoms with van der Waals surface area (Å²) < 4.78 is 20.5. The normalized spacial score (nSPS) is 10.7. The van der Waals surface area contributed by atoms with Crippen LogP contribution in [0.2, 0.25) is 0 Å². The molecule has 3 aromatic rings. The number of benzene rings is 2. The second kappa shape index (κ2) is 7.66. The van der Waals surface area contributed by atoms with Crippen molar-refractivity contribution in [2.45, 2.75) is 20.8 Å². The standard InChI is InChI=1S/C22H23FN2O2/c1-14-5-10-22(27-4)20(11-14)24-13-21(26)19-12-15(2)25(16(19)3)18-8-6-17(23)7-9-18/h5-12,24H,13H2,1-4H3. The lowest BCUT2D eigenvalue weighted by Gasteiger charge is -2.12. The Bertz CT molecular complexity index is 975. The van der Waals surface area contributed by atoms with Crippen molar-refractivity contribution in [3.05, 3.63) is 76.9 Å². The minimum atomic E-state index is -0.284. The number of hydrogen-bond donors (Lipinski definition) is 1. The number of methoxy groups -OCH3 is 1. The van der Waals surface area contributed by atoms with Crippen LogP contribution in [0.5, 0.6) is 5.75 Å². The van der Waals surface area contributed by atoms with Crippen molar-refractivity contribution in [2.75, 3.05) is 19.0 Å². The molecule has 140 valence electrons. The zero-order valence-electron chi connectivity index (χ0n) is 16.0. The van der Waals surface area contributed by atoms with Gasteiger partial charge in [0.1, 0.15) is 11.6 Å². The summed E-state index contributed by atoms with van der Waals surface area (Å²) in [5.41, 5.74) is 5.12. The van der Waals surface area contributed by atoms with Crippen LogP contribution in [0.1, 0.15) is 27.3 Å². The van der Waals surface area contributed by atoms with Crippen molar-refractivity contribution >= 4 is 11.5 Å². The molecule has 0 aliphatic heterocycles. The number of halogens is 1. The van der Waals surface area contributed by atoms with Gasteiger partial charge in [-0.2, -0.15) is 0 Å². The fourth-order valence-electron chi connectivity index (χ4n) is 3.26. The second-order valence-electron chi connectivity index (χ2n) is 6.58. The Morgan fingerprint density at radius 1 is 1.07 bits per heavy atom. The topological polar surface area (TPSA) is 43.3 Å². The van der Waals surface area contributed by atoms with Crippen LogP contribution < -0.4 is 10.1 Å². The van der Waals surface area contributed by atoms with Gasteiger partial charge >= 0.3 is 0 Å². The number of nitrogens with one attached hydrogen (secondary N) is 1. The Kier molecular flexibility index (Phi) is 5.31. The highest BCUT2D eigenvalue weighted by atomic mass is 19.1. The summed E-state index contributed by atoms with van der Waals surface area (Å²) in [6.07, 6.45) is 0. The van der Waals surface area contributed by atoms with Crippen LogP contribution in [0.3, 0.4) is 0 Å². The van der Waals surface area contributed by atoms with E-state index in [1.807, 2.05) is 49.6 Å². The molecule has 0 unspecified atom stereocenters. The van der Waals surface area contributed by atoms with Crippen LogP contribution >= 0.6 is 0 Å². The van der Waals surface area contributed by atoms with E-state index in [9.17, 15) is 9.18 Å². The first-order chi connectivity index (χ1) is 12.9. The Morgan fingerprint density at radius 2 is 1.78 bits per heavy atom. The Hall–Kier alpha value is -3.08. The molecule has 0 fully saturated rings. The van der Waals surface area contributed by atoms with Crippen molar-refractivity contribution in [2.24, 2.45) is 0 Å². The molecule has 5 heteroatoms. The molecule has 0 aliphatic carbocycles. The average Bonchev–Trinajstić information content (AvgIpc) is 2.95. The number of anilines is 1. The van der Waals surface area contributed by atoms with Crippen LogP contribution in [-0.4, -0.2) is 24.0 Å². The van der Waals surface area contributed by atoms with E-state index in [4.69, 9.17) is 4.74 Å². The van der Waals surface area contributed by atoms with Crippen LogP contribution in [-0.2, 0) is 0 Å². The van der Waals surface area contributed by atoms with E-state index in [1.54, 1.807) is 19.2 Å². The second-order valence-corrected chi connectivity index (χ2v) is 6.58. The van der Waals surface area contributed by atoms with Crippen LogP contribution in [0.15, 0.2) is 48.5 Å². The van der Waals surface area contributed by atoms with Crippen molar-refractivity contribution in [1.29, 1.82) is 0 Å². The first-order valence-corrected chi connectivity index (χ1v) is 8.77. The lowest BCUT2D eigenvalue weighted by atomic mass is 10.1. The van der Waals surface area contributed by atoms with E-state index in [1.165, 1.54) is 12.1 Å². The van der Waals surface area contributed by atoms with E-state index in [2.05, 4.69) is 5.32 Å². The fourth-order valence-corrected chi connectivity index (χ4v) is 3.26. The summed E-state index contributed by atoms with van der Waals surface area (Å²) in [6.45, 7) is 5.98. The third-order valence-corrected chi connectivity index (χ3v) is 4.61. The number of ether oxygens (including phenoxy) is 1. The Balaban J connectivity index is 1.83. The highest BCUT2D eigenvalue weighted by Gasteiger charge is 2.17. The average molecular weight is 366 g/mol. The molecule has 3 rings (SSSR count). The van der Waals surface area contributed by atoms with E-state index >= 15 is 0 Å². The summed E-state index contributed by atoms with van der Waals surface area (Å²) in [4.78, 5) is 12.8. The molecule has 0 bridgehead atoms. The molecule has 0 aliphatic rings. The highest BCUT2D eigenvalue weighted by Crippen LogP contribution is 2.26. The first kappa shape index (κ1) is 18.7. The van der Waals surface area contributed by atoms with Crippen molar-refractivity contribution in [3.63, 3.8) is 0 Å². The zero-order chi connectivity index (χ0) is 19.6. The van der Waals surface area contributed by atoms with Crippen molar-refractivity contribution in [3.8, 4) is 11.4 Å². The number of Topliss-reactive ketones (excluding diaryl/α,β-unsaturated/α-hetero) is 1. The van der Waals surface area contributed by atoms with E-state index in [0.29, 0.717) is 11.3 Å². The summed E-state index contributed by atoms with van der Waals surface area (Å²) >= 11 is 0. The number of aromatic nitrogens is 1. The molecule has 0 radical (unpaired) electrons. The van der Waals surface area contributed by atoms with Gasteiger partial charge in [0.25, 0.3) is 0 Å². The Labute approximate surface area is 158 Å². The summed E-state index contributed by atoms with van der Waals surface area (Å²) in [6, 6.07) is 13.9. The molecule has 0 saturated heterocycles.